The average molecular weight is 434 g/mol. The number of hydrogen-bond donors (Lipinski definition) is 0. The van der Waals surface area contributed by atoms with Gasteiger partial charge in [0.05, 0.1) is 24.8 Å². The number of likely N-dealkylation sites (tertiary alicyclic amines) is 1. The summed E-state index contributed by atoms with van der Waals surface area (Å²) in [6.45, 7) is 1.89. The maximum absolute atomic E-state index is 15.7. The van der Waals surface area contributed by atoms with Crippen LogP contribution < -0.4 is 0 Å². The van der Waals surface area contributed by atoms with Crippen LogP contribution >= 0.6 is 0 Å². The Kier molecular flexibility index (Phi) is 7.64. The molecule has 1 aliphatic heterocycles. The van der Waals surface area contributed by atoms with Crippen molar-refractivity contribution in [2.75, 3.05) is 13.2 Å². The van der Waals surface area contributed by atoms with E-state index in [4.69, 9.17) is 9.47 Å². The highest BCUT2D eigenvalue weighted by Gasteiger charge is 2.40. The van der Waals surface area contributed by atoms with Crippen molar-refractivity contribution in [2.24, 2.45) is 0 Å². The van der Waals surface area contributed by atoms with E-state index in [-0.39, 0.29) is 6.61 Å². The minimum absolute atomic E-state index is 0.224. The first-order chi connectivity index (χ1) is 15.7. The summed E-state index contributed by atoms with van der Waals surface area (Å²) in [5.74, 6) is -0.487. The fourth-order valence-corrected chi connectivity index (χ4v) is 4.05. The third-order valence-electron chi connectivity index (χ3n) is 5.79. The van der Waals surface area contributed by atoms with Gasteiger partial charge in [0.2, 0.25) is 0 Å². The van der Waals surface area contributed by atoms with Crippen LogP contribution in [0.15, 0.2) is 91.0 Å². The number of hydrogen-bond acceptors (Lipinski definition) is 4. The Morgan fingerprint density at radius 2 is 1.47 bits per heavy atom. The van der Waals surface area contributed by atoms with E-state index in [2.05, 4.69) is 4.90 Å². The van der Waals surface area contributed by atoms with Gasteiger partial charge in [-0.2, -0.15) is 0 Å². The monoisotopic (exact) mass is 433 g/mol. The molecular weight excluding hydrogens is 405 g/mol. The molecule has 3 aromatic carbocycles. The molecule has 5 heteroatoms. The number of rotatable bonds is 8. The predicted molar refractivity (Wildman–Crippen MR) is 122 cm³/mol. The maximum Gasteiger partial charge on any atom is 0.338 e. The van der Waals surface area contributed by atoms with E-state index < -0.39 is 24.3 Å². The van der Waals surface area contributed by atoms with Crippen molar-refractivity contribution in [3.63, 3.8) is 0 Å². The van der Waals surface area contributed by atoms with Gasteiger partial charge in [0.1, 0.15) is 6.10 Å². The highest BCUT2D eigenvalue weighted by atomic mass is 19.1. The van der Waals surface area contributed by atoms with Gasteiger partial charge in [0, 0.05) is 19.5 Å². The van der Waals surface area contributed by atoms with Crippen molar-refractivity contribution in [3.05, 3.63) is 108 Å². The fraction of sp³-hybridized carbons (Fsp3) is 0.296. The second kappa shape index (κ2) is 11.0. The summed E-state index contributed by atoms with van der Waals surface area (Å²) >= 11 is 0. The molecule has 0 N–H and O–H groups in total. The van der Waals surface area contributed by atoms with Crippen LogP contribution in [0.5, 0.6) is 0 Å². The summed E-state index contributed by atoms with van der Waals surface area (Å²) in [6, 6.07) is 28.1. The SMILES string of the molecule is O=C(OC1CCN(Cc2ccccc2)C(COCc2ccccc2)C1F)c1ccccc1. The molecule has 3 atom stereocenters. The van der Waals surface area contributed by atoms with Crippen LogP contribution in [-0.2, 0) is 22.6 Å². The first-order valence-electron chi connectivity index (χ1n) is 11.0. The molecule has 1 saturated heterocycles. The van der Waals surface area contributed by atoms with Crippen LogP contribution in [0.3, 0.4) is 0 Å². The zero-order valence-electron chi connectivity index (χ0n) is 18.0. The predicted octanol–water partition coefficient (Wildman–Crippen LogP) is 5.04. The molecule has 1 heterocycles. The van der Waals surface area contributed by atoms with Gasteiger partial charge in [-0.15, -0.1) is 0 Å². The van der Waals surface area contributed by atoms with Gasteiger partial charge >= 0.3 is 5.97 Å². The van der Waals surface area contributed by atoms with Gasteiger partial charge in [-0.05, 0) is 23.3 Å². The lowest BCUT2D eigenvalue weighted by Crippen LogP contribution is -2.55. The maximum atomic E-state index is 15.7. The number of nitrogens with zero attached hydrogens (tertiary/aromatic N) is 1. The molecular formula is C27H28FNO3. The van der Waals surface area contributed by atoms with E-state index in [0.717, 1.165) is 11.1 Å². The third kappa shape index (κ3) is 5.81. The summed E-state index contributed by atoms with van der Waals surface area (Å²) in [5.41, 5.74) is 2.59. The Labute approximate surface area is 188 Å². The Balaban J connectivity index is 1.43. The molecule has 4 nitrogen and oxygen atoms in total. The number of carbonyl (C=O) groups excluding carboxylic acids is 1. The molecule has 1 aliphatic rings. The van der Waals surface area contributed by atoms with Crippen molar-refractivity contribution in [3.8, 4) is 0 Å². The summed E-state index contributed by atoms with van der Waals surface area (Å²) < 4.78 is 27.2. The smallest absolute Gasteiger partial charge is 0.338 e. The molecule has 0 aliphatic carbocycles. The molecule has 0 spiro atoms. The number of ether oxygens (including phenoxy) is 2. The van der Waals surface area contributed by atoms with E-state index in [1.54, 1.807) is 24.3 Å². The van der Waals surface area contributed by atoms with Gasteiger partial charge in [-0.1, -0.05) is 78.9 Å². The molecule has 4 rings (SSSR count). The van der Waals surface area contributed by atoms with E-state index in [0.29, 0.717) is 31.7 Å². The summed E-state index contributed by atoms with van der Waals surface area (Å²) in [7, 11) is 0. The van der Waals surface area contributed by atoms with Crippen molar-refractivity contribution >= 4 is 5.97 Å². The minimum atomic E-state index is -1.34. The number of benzene rings is 3. The Hall–Kier alpha value is -3.02. The quantitative estimate of drug-likeness (QED) is 0.467. The van der Waals surface area contributed by atoms with Gasteiger partial charge in [-0.3, -0.25) is 4.90 Å². The summed E-state index contributed by atoms with van der Waals surface area (Å²) in [4.78, 5) is 14.6. The number of alkyl halides is 1. The largest absolute Gasteiger partial charge is 0.456 e. The van der Waals surface area contributed by atoms with E-state index in [9.17, 15) is 4.79 Å². The number of halogens is 1. The second-order valence-corrected chi connectivity index (χ2v) is 8.07. The van der Waals surface area contributed by atoms with E-state index in [1.807, 2.05) is 66.7 Å². The normalized spacial score (nSPS) is 21.2. The molecule has 0 radical (unpaired) electrons. The first kappa shape index (κ1) is 22.2. The van der Waals surface area contributed by atoms with Crippen molar-refractivity contribution < 1.29 is 18.7 Å². The Morgan fingerprint density at radius 1 is 0.875 bits per heavy atom. The summed E-state index contributed by atoms with van der Waals surface area (Å²) in [5, 5.41) is 0. The first-order valence-corrected chi connectivity index (χ1v) is 11.0. The van der Waals surface area contributed by atoms with Crippen molar-refractivity contribution in [1.29, 1.82) is 0 Å². The third-order valence-corrected chi connectivity index (χ3v) is 5.79. The van der Waals surface area contributed by atoms with Crippen molar-refractivity contribution in [2.45, 2.75) is 37.9 Å². The molecule has 3 unspecified atom stereocenters. The second-order valence-electron chi connectivity index (χ2n) is 8.07. The Morgan fingerprint density at radius 3 is 2.12 bits per heavy atom. The fourth-order valence-electron chi connectivity index (χ4n) is 4.05. The molecule has 3 aromatic rings. The van der Waals surface area contributed by atoms with Gasteiger partial charge in [0.15, 0.2) is 6.17 Å². The molecule has 32 heavy (non-hydrogen) atoms. The number of esters is 1. The number of carbonyl (C=O) groups is 1. The molecule has 1 fully saturated rings. The summed E-state index contributed by atoms with van der Waals surface area (Å²) in [6.07, 6.45) is -1.68. The van der Waals surface area contributed by atoms with Crippen LogP contribution in [0, 0.1) is 0 Å². The van der Waals surface area contributed by atoms with E-state index >= 15 is 4.39 Å². The number of piperidine rings is 1. The lowest BCUT2D eigenvalue weighted by molar-refractivity contribution is -0.0782. The van der Waals surface area contributed by atoms with Crippen molar-refractivity contribution in [1.82, 2.24) is 4.90 Å². The molecule has 0 bridgehead atoms. The molecule has 0 aromatic heterocycles. The minimum Gasteiger partial charge on any atom is -0.456 e. The van der Waals surface area contributed by atoms with Gasteiger partial charge in [0.25, 0.3) is 0 Å². The topological polar surface area (TPSA) is 38.8 Å². The lowest BCUT2D eigenvalue weighted by atomic mass is 9.96. The van der Waals surface area contributed by atoms with Crippen LogP contribution in [0.1, 0.15) is 27.9 Å². The highest BCUT2D eigenvalue weighted by Crippen LogP contribution is 2.27. The Bertz CT molecular complexity index is 968. The lowest BCUT2D eigenvalue weighted by Gasteiger charge is -2.41. The van der Waals surface area contributed by atoms with Gasteiger partial charge in [-0.25, -0.2) is 9.18 Å². The molecule has 0 saturated carbocycles. The average Bonchev–Trinajstić information content (AvgIpc) is 2.84. The van der Waals surface area contributed by atoms with Crippen LogP contribution in [0.2, 0.25) is 0 Å². The highest BCUT2D eigenvalue weighted by molar-refractivity contribution is 5.89. The molecule has 0 amide bonds. The van der Waals surface area contributed by atoms with E-state index in [1.165, 1.54) is 0 Å². The standard InChI is InChI=1S/C27H28FNO3/c28-26-24(20-31-19-22-12-6-2-7-13-22)29(18-21-10-4-1-5-11-21)17-16-25(26)32-27(30)23-14-8-3-9-15-23/h1-15,24-26H,16-20H2. The van der Waals surface area contributed by atoms with Crippen LogP contribution in [-0.4, -0.2) is 42.3 Å². The molecule has 166 valence electrons. The van der Waals surface area contributed by atoms with Gasteiger partial charge < -0.3 is 9.47 Å². The van der Waals surface area contributed by atoms with Crippen LogP contribution in [0.4, 0.5) is 4.39 Å². The zero-order valence-corrected chi connectivity index (χ0v) is 18.0. The zero-order chi connectivity index (χ0) is 22.2. The van der Waals surface area contributed by atoms with Crippen LogP contribution in [0.25, 0.3) is 0 Å².